The van der Waals surface area contributed by atoms with Gasteiger partial charge in [-0.05, 0) is 42.3 Å². The van der Waals surface area contributed by atoms with Crippen molar-refractivity contribution in [3.05, 3.63) is 83.0 Å². The van der Waals surface area contributed by atoms with Crippen molar-refractivity contribution in [2.75, 3.05) is 21.3 Å². The summed E-state index contributed by atoms with van der Waals surface area (Å²) in [4.78, 5) is 17.0. The number of ether oxygens (including phenoxy) is 3. The number of aryl methyl sites for hydroxylation is 1. The molecule has 6 nitrogen and oxygen atoms in total. The van der Waals surface area contributed by atoms with Gasteiger partial charge >= 0.3 is 0 Å². The maximum absolute atomic E-state index is 12.7. The Bertz CT molecular complexity index is 1060. The van der Waals surface area contributed by atoms with Gasteiger partial charge in [-0.2, -0.15) is 4.99 Å². The quantitative estimate of drug-likeness (QED) is 0.602. The predicted octanol–water partition coefficient (Wildman–Crippen LogP) is 3.54. The van der Waals surface area contributed by atoms with Crippen molar-refractivity contribution in [2.24, 2.45) is 4.99 Å². The molecule has 0 aliphatic rings. The van der Waals surface area contributed by atoms with Crippen LogP contribution in [0.5, 0.6) is 17.2 Å². The lowest BCUT2D eigenvalue weighted by Crippen LogP contribution is -2.22. The summed E-state index contributed by atoms with van der Waals surface area (Å²) in [7, 11) is 4.64. The van der Waals surface area contributed by atoms with E-state index >= 15 is 0 Å². The Balaban J connectivity index is 1.86. The molecule has 0 spiro atoms. The zero-order valence-corrected chi connectivity index (χ0v) is 17.7. The summed E-state index contributed by atoms with van der Waals surface area (Å²) in [6.45, 7) is 2.69. The number of hydrogen-bond acceptors (Lipinski definition) is 4. The van der Waals surface area contributed by atoms with Gasteiger partial charge in [0.1, 0.15) is 5.49 Å². The molecule has 3 aromatic rings. The fraction of sp³-hybridized carbons (Fsp3) is 0.250. The lowest BCUT2D eigenvalue weighted by atomic mass is 10.1. The van der Waals surface area contributed by atoms with Crippen LogP contribution in [-0.2, 0) is 17.8 Å². The number of methoxy groups -OCH3 is 3. The van der Waals surface area contributed by atoms with Gasteiger partial charge in [0.25, 0.3) is 5.91 Å². The van der Waals surface area contributed by atoms with Crippen molar-refractivity contribution < 1.29 is 19.0 Å². The lowest BCUT2D eigenvalue weighted by Gasteiger charge is -2.13. The molecular formula is C24H26N2O4. The molecule has 0 saturated carbocycles. The third-order valence-corrected chi connectivity index (χ3v) is 4.71. The minimum atomic E-state index is -0.256. The molecule has 0 radical (unpaired) electrons. The van der Waals surface area contributed by atoms with Crippen molar-refractivity contribution >= 4 is 5.91 Å². The Kier molecular flexibility index (Phi) is 6.91. The molecule has 0 saturated heterocycles. The highest BCUT2D eigenvalue weighted by atomic mass is 16.5. The van der Waals surface area contributed by atoms with Crippen molar-refractivity contribution in [1.82, 2.24) is 4.57 Å². The average molecular weight is 406 g/mol. The normalized spacial score (nSPS) is 11.3. The molecule has 2 aromatic carbocycles. The summed E-state index contributed by atoms with van der Waals surface area (Å²) in [5, 5.41) is 0. The summed E-state index contributed by atoms with van der Waals surface area (Å²) in [6.07, 6.45) is 2.04. The second kappa shape index (κ2) is 9.78. The van der Waals surface area contributed by atoms with Gasteiger partial charge in [-0.1, -0.05) is 35.9 Å². The summed E-state index contributed by atoms with van der Waals surface area (Å²) in [6, 6.07) is 17.5. The molecule has 1 amide bonds. The predicted molar refractivity (Wildman–Crippen MR) is 115 cm³/mol. The van der Waals surface area contributed by atoms with E-state index in [9.17, 15) is 4.79 Å². The maximum atomic E-state index is 12.7. The number of carbonyl (C=O) groups excluding carboxylic acids is 1. The van der Waals surface area contributed by atoms with Crippen LogP contribution in [0.1, 0.15) is 16.7 Å². The fourth-order valence-corrected chi connectivity index (χ4v) is 3.17. The van der Waals surface area contributed by atoms with E-state index in [0.717, 1.165) is 11.1 Å². The second-order valence-electron chi connectivity index (χ2n) is 6.89. The van der Waals surface area contributed by atoms with Gasteiger partial charge in [-0.25, -0.2) is 0 Å². The molecule has 0 unspecified atom stereocenters. The van der Waals surface area contributed by atoms with Gasteiger partial charge in [0, 0.05) is 12.7 Å². The molecule has 0 aliphatic heterocycles. The van der Waals surface area contributed by atoms with E-state index in [-0.39, 0.29) is 12.3 Å². The Morgan fingerprint density at radius 2 is 1.57 bits per heavy atom. The van der Waals surface area contributed by atoms with Crippen LogP contribution in [0, 0.1) is 6.92 Å². The van der Waals surface area contributed by atoms with Crippen LogP contribution in [0.2, 0.25) is 0 Å². The SMILES string of the molecule is COc1cc(CC(=O)N=c2ccccn2Cc2ccc(C)cc2)cc(OC)c1OC. The van der Waals surface area contributed by atoms with Crippen LogP contribution in [0.4, 0.5) is 0 Å². The van der Waals surface area contributed by atoms with Gasteiger partial charge in [0.2, 0.25) is 5.75 Å². The van der Waals surface area contributed by atoms with Crippen LogP contribution in [0.25, 0.3) is 0 Å². The number of pyridine rings is 1. The zero-order valence-electron chi connectivity index (χ0n) is 17.7. The smallest absolute Gasteiger partial charge is 0.252 e. The van der Waals surface area contributed by atoms with Crippen molar-refractivity contribution in [2.45, 2.75) is 19.9 Å². The standard InChI is InChI=1S/C24H26N2O4/c1-17-8-10-18(11-9-17)16-26-12-6-5-7-22(26)25-23(27)15-19-13-20(28-2)24(30-4)21(14-19)29-3/h5-14H,15-16H2,1-4H3. The van der Waals surface area contributed by atoms with E-state index in [1.165, 1.54) is 5.56 Å². The van der Waals surface area contributed by atoms with Crippen molar-refractivity contribution in [1.29, 1.82) is 0 Å². The first kappa shape index (κ1) is 21.2. The first-order valence-corrected chi connectivity index (χ1v) is 9.61. The van der Waals surface area contributed by atoms with E-state index in [1.54, 1.807) is 33.5 Å². The van der Waals surface area contributed by atoms with Crippen LogP contribution in [0.15, 0.2) is 65.8 Å². The van der Waals surface area contributed by atoms with Crippen LogP contribution < -0.4 is 19.7 Å². The van der Waals surface area contributed by atoms with Crippen LogP contribution in [0.3, 0.4) is 0 Å². The summed E-state index contributed by atoms with van der Waals surface area (Å²) >= 11 is 0. The Morgan fingerprint density at radius 1 is 0.900 bits per heavy atom. The van der Waals surface area contributed by atoms with Crippen LogP contribution >= 0.6 is 0 Å². The first-order chi connectivity index (χ1) is 14.5. The van der Waals surface area contributed by atoms with E-state index < -0.39 is 0 Å². The summed E-state index contributed by atoms with van der Waals surface area (Å²) in [5.74, 6) is 1.25. The fourth-order valence-electron chi connectivity index (χ4n) is 3.17. The third-order valence-electron chi connectivity index (χ3n) is 4.71. The Labute approximate surface area is 176 Å². The Morgan fingerprint density at radius 3 is 2.17 bits per heavy atom. The minimum Gasteiger partial charge on any atom is -0.493 e. The molecule has 0 N–H and O–H groups in total. The highest BCUT2D eigenvalue weighted by molar-refractivity contribution is 5.80. The van der Waals surface area contributed by atoms with E-state index in [2.05, 4.69) is 36.2 Å². The number of nitrogens with zero attached hydrogens (tertiary/aromatic N) is 2. The molecular weight excluding hydrogens is 380 g/mol. The second-order valence-corrected chi connectivity index (χ2v) is 6.89. The molecule has 0 aliphatic carbocycles. The van der Waals surface area contributed by atoms with Gasteiger partial charge in [-0.3, -0.25) is 4.79 Å². The van der Waals surface area contributed by atoms with Gasteiger partial charge in [-0.15, -0.1) is 0 Å². The number of carbonyl (C=O) groups is 1. The van der Waals surface area contributed by atoms with E-state index in [4.69, 9.17) is 14.2 Å². The monoisotopic (exact) mass is 406 g/mol. The zero-order chi connectivity index (χ0) is 21.5. The van der Waals surface area contributed by atoms with Gasteiger partial charge in [0.15, 0.2) is 11.5 Å². The molecule has 0 atom stereocenters. The highest BCUT2D eigenvalue weighted by Gasteiger charge is 2.14. The third kappa shape index (κ3) is 5.08. The van der Waals surface area contributed by atoms with E-state index in [1.807, 2.05) is 29.0 Å². The summed E-state index contributed by atoms with van der Waals surface area (Å²) < 4.78 is 18.0. The summed E-state index contributed by atoms with van der Waals surface area (Å²) in [5.41, 5.74) is 3.70. The molecule has 30 heavy (non-hydrogen) atoms. The molecule has 0 fully saturated rings. The van der Waals surface area contributed by atoms with Crippen molar-refractivity contribution in [3.63, 3.8) is 0 Å². The number of aromatic nitrogens is 1. The molecule has 1 heterocycles. The Hall–Kier alpha value is -3.54. The number of amides is 1. The molecule has 0 bridgehead atoms. The van der Waals surface area contributed by atoms with Gasteiger partial charge in [0.05, 0.1) is 27.8 Å². The number of hydrogen-bond donors (Lipinski definition) is 0. The highest BCUT2D eigenvalue weighted by Crippen LogP contribution is 2.38. The molecule has 3 rings (SSSR count). The molecule has 6 heteroatoms. The minimum absolute atomic E-state index is 0.121. The first-order valence-electron chi connectivity index (χ1n) is 9.61. The largest absolute Gasteiger partial charge is 0.493 e. The maximum Gasteiger partial charge on any atom is 0.252 e. The average Bonchev–Trinajstić information content (AvgIpc) is 2.75. The molecule has 156 valence electrons. The topological polar surface area (TPSA) is 62.0 Å². The van der Waals surface area contributed by atoms with Gasteiger partial charge < -0.3 is 18.8 Å². The lowest BCUT2D eigenvalue weighted by molar-refractivity contribution is -0.117. The molecule has 1 aromatic heterocycles. The van der Waals surface area contributed by atoms with Crippen LogP contribution in [-0.4, -0.2) is 31.8 Å². The number of rotatable bonds is 7. The number of benzene rings is 2. The van der Waals surface area contributed by atoms with E-state index in [0.29, 0.717) is 29.3 Å². The van der Waals surface area contributed by atoms with Crippen molar-refractivity contribution in [3.8, 4) is 17.2 Å².